The molecule has 0 aliphatic heterocycles. The average Bonchev–Trinajstić information content (AvgIpc) is 3.24. The first kappa shape index (κ1) is 10.6. The fourth-order valence-corrected chi connectivity index (χ4v) is 3.44. The van der Waals surface area contributed by atoms with Crippen LogP contribution in [0, 0.1) is 11.8 Å². The number of nitrogen functional groups attached to an aromatic ring is 1. The molecule has 2 fully saturated rings. The molecule has 4 rings (SSSR count). The van der Waals surface area contributed by atoms with Gasteiger partial charge in [-0.1, -0.05) is 0 Å². The molecule has 5 heteroatoms. The lowest BCUT2D eigenvalue weighted by molar-refractivity contribution is 0.566. The lowest BCUT2D eigenvalue weighted by atomic mass is 10.1. The molecule has 0 radical (unpaired) electrons. The summed E-state index contributed by atoms with van der Waals surface area (Å²) in [5.74, 6) is 3.00. The number of fused-ring (bicyclic) bond motifs is 1. The number of nitrogens with zero attached hydrogens (tertiary/aromatic N) is 2. The summed E-state index contributed by atoms with van der Waals surface area (Å²) in [6, 6.07) is 2.68. The predicted octanol–water partition coefficient (Wildman–Crippen LogP) is 2.87. The number of aromatic nitrogens is 2. The topological polar surface area (TPSA) is 63.8 Å². The fraction of sp³-hybridized carbons (Fsp3) is 0.538. The Hall–Kier alpha value is -1.36. The third kappa shape index (κ3) is 1.82. The Morgan fingerprint density at radius 2 is 1.94 bits per heavy atom. The van der Waals surface area contributed by atoms with Crippen molar-refractivity contribution in [2.45, 2.75) is 31.7 Å². The number of nitrogens with one attached hydrogen (secondary N) is 1. The number of anilines is 2. The Morgan fingerprint density at radius 1 is 1.22 bits per heavy atom. The molecule has 2 aromatic heterocycles. The number of nitrogens with two attached hydrogens (primary N) is 1. The van der Waals surface area contributed by atoms with Crippen molar-refractivity contribution in [3.63, 3.8) is 0 Å². The maximum atomic E-state index is 5.79. The molecule has 2 aromatic rings. The third-order valence-corrected chi connectivity index (χ3v) is 4.71. The van der Waals surface area contributed by atoms with Crippen molar-refractivity contribution in [3.05, 3.63) is 11.4 Å². The van der Waals surface area contributed by atoms with Crippen LogP contribution in [-0.2, 0) is 0 Å². The van der Waals surface area contributed by atoms with Crippen LogP contribution in [0.3, 0.4) is 0 Å². The lowest BCUT2D eigenvalue weighted by Crippen LogP contribution is -2.25. The molecule has 2 aliphatic carbocycles. The number of hydrogen-bond donors (Lipinski definition) is 2. The summed E-state index contributed by atoms with van der Waals surface area (Å²) in [5, 5.41) is 6.81. The summed E-state index contributed by atoms with van der Waals surface area (Å²) >= 11 is 1.62. The van der Waals surface area contributed by atoms with Gasteiger partial charge in [0.25, 0.3) is 0 Å². The van der Waals surface area contributed by atoms with Crippen LogP contribution in [-0.4, -0.2) is 16.0 Å². The largest absolute Gasteiger partial charge is 0.368 e. The first-order chi connectivity index (χ1) is 8.81. The highest BCUT2D eigenvalue weighted by Crippen LogP contribution is 2.46. The Labute approximate surface area is 110 Å². The average molecular weight is 260 g/mol. The molecule has 0 unspecified atom stereocenters. The van der Waals surface area contributed by atoms with Crippen LogP contribution in [0.1, 0.15) is 25.7 Å². The second-order valence-corrected chi connectivity index (χ2v) is 6.31. The molecule has 0 aromatic carbocycles. The summed E-state index contributed by atoms with van der Waals surface area (Å²) in [4.78, 5) is 9.65. The first-order valence-electron chi connectivity index (χ1n) is 6.58. The zero-order valence-electron chi connectivity index (χ0n) is 10.1. The van der Waals surface area contributed by atoms with E-state index in [4.69, 9.17) is 5.73 Å². The van der Waals surface area contributed by atoms with Gasteiger partial charge >= 0.3 is 0 Å². The van der Waals surface area contributed by atoms with Crippen LogP contribution in [0.2, 0.25) is 0 Å². The zero-order chi connectivity index (χ0) is 12.1. The van der Waals surface area contributed by atoms with E-state index in [0.717, 1.165) is 27.9 Å². The normalized spacial score (nSPS) is 19.6. The molecule has 0 spiro atoms. The van der Waals surface area contributed by atoms with Gasteiger partial charge in [-0.25, -0.2) is 4.98 Å². The minimum atomic E-state index is 0.373. The van der Waals surface area contributed by atoms with Crippen molar-refractivity contribution < 1.29 is 0 Å². The Balaban J connectivity index is 1.70. The van der Waals surface area contributed by atoms with E-state index in [1.54, 1.807) is 11.3 Å². The van der Waals surface area contributed by atoms with Crippen molar-refractivity contribution in [2.24, 2.45) is 11.8 Å². The van der Waals surface area contributed by atoms with Crippen molar-refractivity contribution in [3.8, 4) is 0 Å². The Kier molecular flexibility index (Phi) is 2.24. The molecular formula is C13H16N4S. The SMILES string of the molecule is Nc1nc(NC(C2CC2)C2CC2)c2ccsc2n1. The summed E-state index contributed by atoms with van der Waals surface area (Å²) in [7, 11) is 0. The van der Waals surface area contributed by atoms with Gasteiger partial charge in [0.05, 0.1) is 5.39 Å². The smallest absolute Gasteiger partial charge is 0.223 e. The molecule has 2 aliphatic rings. The summed E-state index contributed by atoms with van der Waals surface area (Å²) in [6.07, 6.45) is 5.45. The number of thiophene rings is 1. The van der Waals surface area contributed by atoms with Gasteiger partial charge in [-0.05, 0) is 49.0 Å². The fourth-order valence-electron chi connectivity index (χ4n) is 2.67. The van der Waals surface area contributed by atoms with Gasteiger partial charge in [-0.3, -0.25) is 0 Å². The summed E-state index contributed by atoms with van der Waals surface area (Å²) < 4.78 is 0. The van der Waals surface area contributed by atoms with Crippen molar-refractivity contribution in [1.82, 2.24) is 9.97 Å². The lowest BCUT2D eigenvalue weighted by Gasteiger charge is -2.18. The van der Waals surface area contributed by atoms with E-state index in [2.05, 4.69) is 21.4 Å². The van der Waals surface area contributed by atoms with Crippen LogP contribution in [0.4, 0.5) is 11.8 Å². The Morgan fingerprint density at radius 3 is 2.61 bits per heavy atom. The molecule has 94 valence electrons. The minimum absolute atomic E-state index is 0.373. The molecule has 2 heterocycles. The molecular weight excluding hydrogens is 244 g/mol. The minimum Gasteiger partial charge on any atom is -0.368 e. The molecule has 0 saturated heterocycles. The van der Waals surface area contributed by atoms with Crippen molar-refractivity contribution in [2.75, 3.05) is 11.1 Å². The van der Waals surface area contributed by atoms with Crippen molar-refractivity contribution in [1.29, 1.82) is 0 Å². The standard InChI is InChI=1S/C13H16N4S/c14-13-16-11(9-5-6-18-12(9)17-13)15-10(7-1-2-7)8-3-4-8/h5-8,10H,1-4H2,(H3,14,15,16,17). The van der Waals surface area contributed by atoms with E-state index < -0.39 is 0 Å². The highest BCUT2D eigenvalue weighted by molar-refractivity contribution is 7.16. The predicted molar refractivity (Wildman–Crippen MR) is 74.7 cm³/mol. The highest BCUT2D eigenvalue weighted by Gasteiger charge is 2.41. The van der Waals surface area contributed by atoms with E-state index in [0.29, 0.717) is 12.0 Å². The van der Waals surface area contributed by atoms with Gasteiger partial charge in [-0.15, -0.1) is 11.3 Å². The van der Waals surface area contributed by atoms with Gasteiger partial charge in [0, 0.05) is 6.04 Å². The quantitative estimate of drug-likeness (QED) is 0.887. The highest BCUT2D eigenvalue weighted by atomic mass is 32.1. The van der Waals surface area contributed by atoms with Gasteiger partial charge in [-0.2, -0.15) is 4.98 Å². The molecule has 3 N–H and O–H groups in total. The van der Waals surface area contributed by atoms with Crippen LogP contribution in [0.5, 0.6) is 0 Å². The molecule has 0 bridgehead atoms. The van der Waals surface area contributed by atoms with Crippen molar-refractivity contribution >= 4 is 33.3 Å². The third-order valence-electron chi connectivity index (χ3n) is 3.91. The monoisotopic (exact) mass is 260 g/mol. The second-order valence-electron chi connectivity index (χ2n) is 5.41. The first-order valence-corrected chi connectivity index (χ1v) is 7.46. The van der Waals surface area contributed by atoms with Crippen LogP contribution >= 0.6 is 11.3 Å². The molecule has 18 heavy (non-hydrogen) atoms. The molecule has 4 nitrogen and oxygen atoms in total. The van der Waals surface area contributed by atoms with Gasteiger partial charge < -0.3 is 11.1 Å². The van der Waals surface area contributed by atoms with Crippen LogP contribution in [0.15, 0.2) is 11.4 Å². The van der Waals surface area contributed by atoms with Gasteiger partial charge in [0.2, 0.25) is 5.95 Å². The summed E-state index contributed by atoms with van der Waals surface area (Å²) in [6.45, 7) is 0. The molecule has 2 saturated carbocycles. The van der Waals surface area contributed by atoms with Crippen LogP contribution in [0.25, 0.3) is 10.2 Å². The van der Waals surface area contributed by atoms with Crippen LogP contribution < -0.4 is 11.1 Å². The molecule has 0 atom stereocenters. The zero-order valence-corrected chi connectivity index (χ0v) is 10.9. The number of hydrogen-bond acceptors (Lipinski definition) is 5. The maximum Gasteiger partial charge on any atom is 0.223 e. The second kappa shape index (κ2) is 3.82. The van der Waals surface area contributed by atoms with Gasteiger partial charge in [0.15, 0.2) is 0 Å². The van der Waals surface area contributed by atoms with E-state index >= 15 is 0 Å². The van der Waals surface area contributed by atoms with E-state index in [-0.39, 0.29) is 0 Å². The van der Waals surface area contributed by atoms with E-state index in [1.807, 2.05) is 5.38 Å². The van der Waals surface area contributed by atoms with E-state index in [9.17, 15) is 0 Å². The van der Waals surface area contributed by atoms with Gasteiger partial charge in [0.1, 0.15) is 10.6 Å². The Bertz CT molecular complexity index is 574. The maximum absolute atomic E-state index is 5.79. The number of rotatable bonds is 4. The summed E-state index contributed by atoms with van der Waals surface area (Å²) in [5.41, 5.74) is 5.79. The van der Waals surface area contributed by atoms with E-state index in [1.165, 1.54) is 25.7 Å². The molecule has 0 amide bonds.